The number of carboxylic acids is 1. The highest BCUT2D eigenvalue weighted by Gasteiger charge is 2.41. The molecule has 3 rings (SSSR count). The number of benzene rings is 3. The molecule has 0 atom stereocenters. The van der Waals surface area contributed by atoms with Gasteiger partial charge in [-0.15, -0.1) is 0 Å². The maximum atomic E-state index is 12.9. The topological polar surface area (TPSA) is 112 Å². The lowest BCUT2D eigenvalue weighted by atomic mass is 9.76. The van der Waals surface area contributed by atoms with Crippen LogP contribution >= 0.6 is 0 Å². The fraction of sp³-hybridized carbons (Fsp3) is 0.344. The van der Waals surface area contributed by atoms with E-state index in [0.29, 0.717) is 0 Å². The number of rotatable bonds is 18. The number of likely N-dealkylation sites (N-methyl/N-ethyl adjacent to an activating group) is 1. The Morgan fingerprint density at radius 1 is 0.610 bits per heavy atom. The first-order valence-corrected chi connectivity index (χ1v) is 13.5. The van der Waals surface area contributed by atoms with Crippen molar-refractivity contribution in [3.05, 3.63) is 108 Å². The average Bonchev–Trinajstić information content (AvgIpc) is 2.99. The highest BCUT2D eigenvalue weighted by Crippen LogP contribution is 2.41. The molecule has 0 aliphatic heterocycles. The third-order valence-electron chi connectivity index (χ3n) is 6.41. The third-order valence-corrected chi connectivity index (χ3v) is 6.41. The first-order chi connectivity index (χ1) is 19.9. The number of esters is 2. The quantitative estimate of drug-likeness (QED) is 0.140. The van der Waals surface area contributed by atoms with E-state index < -0.39 is 17.5 Å². The summed E-state index contributed by atoms with van der Waals surface area (Å²) >= 11 is 0. The minimum Gasteiger partial charge on any atom is -0.481 e. The number of nitrogens with zero attached hydrogens (tertiary/aromatic N) is 1. The molecular weight excluding hydrogens is 526 g/mol. The van der Waals surface area contributed by atoms with Crippen LogP contribution in [0.25, 0.3) is 0 Å². The van der Waals surface area contributed by atoms with Crippen molar-refractivity contribution in [1.29, 1.82) is 0 Å². The molecule has 0 saturated heterocycles. The molecule has 0 aromatic heterocycles. The Hall–Kier alpha value is -4.05. The Balaban J connectivity index is 1.48. The minimum atomic E-state index is -1.05. The second kappa shape index (κ2) is 16.9. The van der Waals surface area contributed by atoms with Crippen molar-refractivity contribution >= 4 is 17.9 Å². The molecular formula is C32H37NO8. The van der Waals surface area contributed by atoms with Gasteiger partial charge in [0.25, 0.3) is 0 Å². The summed E-state index contributed by atoms with van der Waals surface area (Å²) in [4.78, 5) is 36.7. The van der Waals surface area contributed by atoms with Gasteiger partial charge in [0, 0.05) is 0 Å². The normalized spacial score (nSPS) is 11.3. The largest absolute Gasteiger partial charge is 0.481 e. The highest BCUT2D eigenvalue weighted by molar-refractivity contribution is 5.76. The van der Waals surface area contributed by atoms with Crippen LogP contribution in [0.2, 0.25) is 0 Å². The molecule has 0 fully saturated rings. The van der Waals surface area contributed by atoms with Gasteiger partial charge in [-0.25, -0.2) is 0 Å². The summed E-state index contributed by atoms with van der Waals surface area (Å²) in [5.74, 6) is -2.00. The molecule has 0 amide bonds. The summed E-state index contributed by atoms with van der Waals surface area (Å²) < 4.78 is 21.1. The molecule has 0 aliphatic carbocycles. The van der Waals surface area contributed by atoms with Gasteiger partial charge in [-0.1, -0.05) is 91.0 Å². The first kappa shape index (κ1) is 31.5. The number of aliphatic carboxylic acids is 1. The van der Waals surface area contributed by atoms with Crippen LogP contribution in [-0.2, 0) is 38.9 Å². The SMILES string of the molecule is CN(CC(=O)OCCOCCOCCOC(=O)CCC(=O)O)C(c1ccccc1)(c1ccccc1)c1ccccc1. The summed E-state index contributed by atoms with van der Waals surface area (Å²) in [5, 5.41) is 8.55. The molecule has 0 radical (unpaired) electrons. The van der Waals surface area contributed by atoms with Crippen LogP contribution in [-0.4, -0.2) is 81.1 Å². The minimum absolute atomic E-state index is 0.0417. The van der Waals surface area contributed by atoms with Crippen LogP contribution in [0.3, 0.4) is 0 Å². The van der Waals surface area contributed by atoms with Crippen molar-refractivity contribution < 1.29 is 38.4 Å². The van der Waals surface area contributed by atoms with Gasteiger partial charge in [0.2, 0.25) is 0 Å². The maximum absolute atomic E-state index is 12.9. The number of carbonyl (C=O) groups is 3. The number of hydrogen-bond acceptors (Lipinski definition) is 8. The summed E-state index contributed by atoms with van der Waals surface area (Å²) in [6.07, 6.45) is -0.430. The third kappa shape index (κ3) is 9.53. The number of hydrogen-bond donors (Lipinski definition) is 1. The highest BCUT2D eigenvalue weighted by atomic mass is 16.6. The number of carboxylic acid groups (broad SMARTS) is 1. The van der Waals surface area contributed by atoms with Crippen LogP contribution in [0.5, 0.6) is 0 Å². The fourth-order valence-corrected chi connectivity index (χ4v) is 4.59. The number of carbonyl (C=O) groups excluding carboxylic acids is 2. The molecule has 0 unspecified atom stereocenters. The molecule has 1 N–H and O–H groups in total. The standard InChI is InChI=1S/C32H37NO8/c1-33(25-31(37)41-24-22-39-20-19-38-21-23-40-30(36)18-17-29(34)35)32(26-11-5-2-6-12-26,27-13-7-3-8-14-27)28-15-9-4-10-16-28/h2-16H,17-25H2,1H3,(H,34,35). The van der Waals surface area contributed by atoms with Gasteiger partial charge < -0.3 is 24.1 Å². The predicted octanol–water partition coefficient (Wildman–Crippen LogP) is 3.89. The second-order valence-corrected chi connectivity index (χ2v) is 9.22. The smallest absolute Gasteiger partial charge is 0.320 e. The Morgan fingerprint density at radius 3 is 1.41 bits per heavy atom. The number of ether oxygens (including phenoxy) is 4. The molecule has 9 nitrogen and oxygen atoms in total. The predicted molar refractivity (Wildman–Crippen MR) is 152 cm³/mol. The lowest BCUT2D eigenvalue weighted by Crippen LogP contribution is -2.48. The molecule has 3 aromatic carbocycles. The molecule has 0 aliphatic rings. The fourth-order valence-electron chi connectivity index (χ4n) is 4.59. The van der Waals surface area contributed by atoms with E-state index >= 15 is 0 Å². The van der Waals surface area contributed by atoms with E-state index in [0.717, 1.165) is 16.7 Å². The van der Waals surface area contributed by atoms with E-state index in [1.54, 1.807) is 0 Å². The summed E-state index contributed by atoms with van der Waals surface area (Å²) in [6, 6.07) is 30.3. The maximum Gasteiger partial charge on any atom is 0.320 e. The summed E-state index contributed by atoms with van der Waals surface area (Å²) in [7, 11) is 1.92. The van der Waals surface area contributed by atoms with Crippen LogP contribution < -0.4 is 0 Å². The van der Waals surface area contributed by atoms with Crippen molar-refractivity contribution in [2.75, 3.05) is 53.2 Å². The zero-order valence-corrected chi connectivity index (χ0v) is 23.3. The Labute approximate surface area is 240 Å². The van der Waals surface area contributed by atoms with E-state index in [1.165, 1.54) is 0 Å². The Kier molecular flexibility index (Phi) is 13.0. The first-order valence-electron chi connectivity index (χ1n) is 13.5. The van der Waals surface area contributed by atoms with Gasteiger partial charge in [-0.05, 0) is 23.7 Å². The lowest BCUT2D eigenvalue weighted by Gasteiger charge is -2.43. The lowest BCUT2D eigenvalue weighted by molar-refractivity contribution is -0.149. The molecule has 0 saturated carbocycles. The zero-order valence-electron chi connectivity index (χ0n) is 23.3. The van der Waals surface area contributed by atoms with Crippen molar-refractivity contribution in [3.8, 4) is 0 Å². The van der Waals surface area contributed by atoms with Crippen LogP contribution in [0, 0.1) is 0 Å². The Morgan fingerprint density at radius 2 is 1.00 bits per heavy atom. The van der Waals surface area contributed by atoms with Gasteiger partial charge in [-0.3, -0.25) is 19.3 Å². The molecule has 9 heteroatoms. The second-order valence-electron chi connectivity index (χ2n) is 9.22. The molecule has 0 spiro atoms. The van der Waals surface area contributed by atoms with E-state index in [2.05, 4.69) is 36.4 Å². The van der Waals surface area contributed by atoms with Crippen LogP contribution in [0.1, 0.15) is 29.5 Å². The zero-order chi connectivity index (χ0) is 29.3. The molecule has 218 valence electrons. The molecule has 41 heavy (non-hydrogen) atoms. The van der Waals surface area contributed by atoms with E-state index in [-0.39, 0.29) is 65.0 Å². The van der Waals surface area contributed by atoms with Gasteiger partial charge >= 0.3 is 17.9 Å². The summed E-state index contributed by atoms with van der Waals surface area (Å²) in [5.41, 5.74) is 2.38. The van der Waals surface area contributed by atoms with Gasteiger partial charge in [-0.2, -0.15) is 0 Å². The van der Waals surface area contributed by atoms with E-state index in [9.17, 15) is 14.4 Å². The van der Waals surface area contributed by atoms with Crippen molar-refractivity contribution in [1.82, 2.24) is 4.90 Å². The van der Waals surface area contributed by atoms with Crippen LogP contribution in [0.15, 0.2) is 91.0 Å². The van der Waals surface area contributed by atoms with E-state index in [1.807, 2.05) is 66.5 Å². The van der Waals surface area contributed by atoms with Gasteiger partial charge in [0.1, 0.15) is 13.2 Å². The average molecular weight is 564 g/mol. The van der Waals surface area contributed by atoms with Gasteiger partial charge in [0.05, 0.1) is 51.4 Å². The van der Waals surface area contributed by atoms with Crippen molar-refractivity contribution in [3.63, 3.8) is 0 Å². The molecule has 0 bridgehead atoms. The molecule has 3 aromatic rings. The molecule has 0 heterocycles. The monoisotopic (exact) mass is 563 g/mol. The van der Waals surface area contributed by atoms with Crippen LogP contribution in [0.4, 0.5) is 0 Å². The van der Waals surface area contributed by atoms with Gasteiger partial charge in [0.15, 0.2) is 0 Å². The van der Waals surface area contributed by atoms with E-state index in [4.69, 9.17) is 24.1 Å². The Bertz CT molecular complexity index is 1110. The van der Waals surface area contributed by atoms with Crippen molar-refractivity contribution in [2.45, 2.75) is 18.4 Å². The summed E-state index contributed by atoms with van der Waals surface area (Å²) in [6.45, 7) is 1.14. The van der Waals surface area contributed by atoms with Crippen molar-refractivity contribution in [2.24, 2.45) is 0 Å².